The fraction of sp³-hybridized carbons (Fsp3) is 0.286. The summed E-state index contributed by atoms with van der Waals surface area (Å²) in [4.78, 5) is 39.4. The fourth-order valence-electron chi connectivity index (χ4n) is 3.18. The predicted octanol–water partition coefficient (Wildman–Crippen LogP) is 3.74. The zero-order valence-electron chi connectivity index (χ0n) is 15.7. The summed E-state index contributed by atoms with van der Waals surface area (Å²) in [7, 11) is 1.56. The molecule has 2 aromatic rings. The number of hydrogen-bond donors (Lipinski definition) is 0. The molecule has 0 bridgehead atoms. The lowest BCUT2D eigenvalue weighted by Crippen LogP contribution is -2.32. The van der Waals surface area contributed by atoms with Crippen molar-refractivity contribution in [3.63, 3.8) is 0 Å². The highest BCUT2D eigenvalue weighted by Gasteiger charge is 2.34. The molecule has 0 saturated heterocycles. The summed E-state index contributed by atoms with van der Waals surface area (Å²) in [5.74, 6) is -0.950. The Labute approximate surface area is 165 Å². The van der Waals surface area contributed by atoms with Gasteiger partial charge in [0.25, 0.3) is 11.8 Å². The van der Waals surface area contributed by atoms with Crippen LogP contribution in [0.25, 0.3) is 0 Å². The van der Waals surface area contributed by atoms with E-state index in [9.17, 15) is 27.6 Å². The van der Waals surface area contributed by atoms with Gasteiger partial charge in [-0.05, 0) is 36.2 Å². The molecule has 0 radical (unpaired) electrons. The Morgan fingerprint density at radius 1 is 0.966 bits per heavy atom. The molecule has 1 aliphatic rings. The van der Waals surface area contributed by atoms with E-state index in [1.54, 1.807) is 31.3 Å². The molecule has 0 unspecified atom stereocenters. The van der Waals surface area contributed by atoms with Crippen LogP contribution in [0, 0.1) is 0 Å². The lowest BCUT2D eigenvalue weighted by atomic mass is 10.1. The van der Waals surface area contributed by atoms with Crippen molar-refractivity contribution < 1.29 is 27.6 Å². The molecular weight excluding hydrogens is 385 g/mol. The Kier molecular flexibility index (Phi) is 5.72. The molecule has 29 heavy (non-hydrogen) atoms. The Balaban J connectivity index is 1.50. The minimum atomic E-state index is -4.40. The number of benzene rings is 2. The molecule has 5 nitrogen and oxygen atoms in total. The van der Waals surface area contributed by atoms with Gasteiger partial charge in [0.15, 0.2) is 0 Å². The first-order valence-corrected chi connectivity index (χ1v) is 9.04. The molecular formula is C21H19F3N2O3. The van der Waals surface area contributed by atoms with Crippen LogP contribution in [0.1, 0.15) is 44.7 Å². The van der Waals surface area contributed by atoms with Gasteiger partial charge in [-0.15, -0.1) is 0 Å². The molecule has 1 aliphatic heterocycles. The van der Waals surface area contributed by atoms with Gasteiger partial charge in [0, 0.05) is 26.6 Å². The van der Waals surface area contributed by atoms with Crippen LogP contribution in [0.15, 0.2) is 48.5 Å². The van der Waals surface area contributed by atoms with Crippen LogP contribution < -0.4 is 0 Å². The Bertz CT molecular complexity index is 904. The first kappa shape index (κ1) is 20.6. The zero-order valence-corrected chi connectivity index (χ0v) is 15.7. The molecule has 152 valence electrons. The minimum absolute atomic E-state index is 0.116. The molecule has 3 rings (SSSR count). The standard InChI is InChI=1S/C21H19F3N2O3/c1-25(13-14-8-10-15(11-9-14)21(22,23)24)18(27)7-4-12-26-19(28)16-5-2-3-6-17(16)20(26)29/h2-3,5-6,8-11H,4,7,12-13H2,1H3. The van der Waals surface area contributed by atoms with Gasteiger partial charge in [-0.2, -0.15) is 13.2 Å². The lowest BCUT2D eigenvalue weighted by Gasteiger charge is -2.19. The number of alkyl halides is 3. The summed E-state index contributed by atoms with van der Waals surface area (Å²) in [6.07, 6.45) is -3.98. The third-order valence-corrected chi connectivity index (χ3v) is 4.78. The highest BCUT2D eigenvalue weighted by atomic mass is 19.4. The second kappa shape index (κ2) is 8.06. The second-order valence-electron chi connectivity index (χ2n) is 6.86. The summed E-state index contributed by atoms with van der Waals surface area (Å²) in [6.45, 7) is 0.302. The number of carbonyl (C=O) groups is 3. The topological polar surface area (TPSA) is 57.7 Å². The van der Waals surface area contributed by atoms with Crippen molar-refractivity contribution in [1.29, 1.82) is 0 Å². The van der Waals surface area contributed by atoms with Crippen LogP contribution in [0.2, 0.25) is 0 Å². The van der Waals surface area contributed by atoms with E-state index >= 15 is 0 Å². The van der Waals surface area contributed by atoms with Crippen molar-refractivity contribution in [2.75, 3.05) is 13.6 Å². The summed E-state index contributed by atoms with van der Waals surface area (Å²) < 4.78 is 37.8. The van der Waals surface area contributed by atoms with E-state index in [4.69, 9.17) is 0 Å². The SMILES string of the molecule is CN(Cc1ccc(C(F)(F)F)cc1)C(=O)CCCN1C(=O)c2ccccc2C1=O. The third-order valence-electron chi connectivity index (χ3n) is 4.78. The first-order chi connectivity index (χ1) is 13.7. The molecule has 0 aromatic heterocycles. The lowest BCUT2D eigenvalue weighted by molar-refractivity contribution is -0.137. The maximum atomic E-state index is 12.6. The van der Waals surface area contributed by atoms with Gasteiger partial charge in [0.1, 0.15) is 0 Å². The molecule has 3 amide bonds. The van der Waals surface area contributed by atoms with Gasteiger partial charge in [-0.3, -0.25) is 19.3 Å². The van der Waals surface area contributed by atoms with Crippen LogP contribution in [0.5, 0.6) is 0 Å². The van der Waals surface area contributed by atoms with Crippen LogP contribution in [-0.4, -0.2) is 41.1 Å². The van der Waals surface area contributed by atoms with Crippen LogP contribution in [0.3, 0.4) is 0 Å². The molecule has 0 N–H and O–H groups in total. The third kappa shape index (κ3) is 4.47. The van der Waals surface area contributed by atoms with Crippen LogP contribution in [0.4, 0.5) is 13.2 Å². The molecule has 0 spiro atoms. The number of carbonyl (C=O) groups excluding carboxylic acids is 3. The maximum Gasteiger partial charge on any atom is 0.416 e. The molecule has 0 aliphatic carbocycles. The highest BCUT2D eigenvalue weighted by Crippen LogP contribution is 2.29. The highest BCUT2D eigenvalue weighted by molar-refractivity contribution is 6.21. The van der Waals surface area contributed by atoms with Gasteiger partial charge in [-0.25, -0.2) is 0 Å². The van der Waals surface area contributed by atoms with E-state index in [1.807, 2.05) is 0 Å². The smallest absolute Gasteiger partial charge is 0.341 e. The number of halogens is 3. The molecule has 0 saturated carbocycles. The Hall–Kier alpha value is -3.16. The summed E-state index contributed by atoms with van der Waals surface area (Å²) in [5, 5.41) is 0. The molecule has 0 atom stereocenters. The van der Waals surface area contributed by atoms with Gasteiger partial charge < -0.3 is 4.90 Å². The van der Waals surface area contributed by atoms with Crippen molar-refractivity contribution in [3.05, 3.63) is 70.8 Å². The van der Waals surface area contributed by atoms with Crippen molar-refractivity contribution in [3.8, 4) is 0 Å². The van der Waals surface area contributed by atoms with Crippen molar-refractivity contribution in [2.45, 2.75) is 25.6 Å². The van der Waals surface area contributed by atoms with Crippen molar-refractivity contribution in [2.24, 2.45) is 0 Å². The average Bonchev–Trinajstić information content (AvgIpc) is 2.92. The molecule has 1 heterocycles. The first-order valence-electron chi connectivity index (χ1n) is 9.04. The van der Waals surface area contributed by atoms with Crippen molar-refractivity contribution >= 4 is 17.7 Å². The second-order valence-corrected chi connectivity index (χ2v) is 6.86. The molecule has 0 fully saturated rings. The Morgan fingerprint density at radius 2 is 1.52 bits per heavy atom. The predicted molar refractivity (Wildman–Crippen MR) is 99.0 cm³/mol. The Morgan fingerprint density at radius 3 is 2.03 bits per heavy atom. The van der Waals surface area contributed by atoms with E-state index < -0.39 is 11.7 Å². The number of rotatable bonds is 6. The summed E-state index contributed by atoms with van der Waals surface area (Å²) >= 11 is 0. The van der Waals surface area contributed by atoms with Gasteiger partial charge >= 0.3 is 6.18 Å². The summed E-state index contributed by atoms with van der Waals surface area (Å²) in [5.41, 5.74) is 0.567. The average molecular weight is 404 g/mol. The van der Waals surface area contributed by atoms with E-state index in [-0.39, 0.29) is 37.2 Å². The molecule has 2 aromatic carbocycles. The van der Waals surface area contributed by atoms with E-state index in [0.717, 1.165) is 17.0 Å². The number of nitrogens with zero attached hydrogens (tertiary/aromatic N) is 2. The monoisotopic (exact) mass is 404 g/mol. The zero-order chi connectivity index (χ0) is 21.2. The quantitative estimate of drug-likeness (QED) is 0.690. The van der Waals surface area contributed by atoms with Gasteiger partial charge in [-0.1, -0.05) is 24.3 Å². The van der Waals surface area contributed by atoms with Crippen LogP contribution in [-0.2, 0) is 17.5 Å². The van der Waals surface area contributed by atoms with E-state index in [2.05, 4.69) is 0 Å². The van der Waals surface area contributed by atoms with E-state index in [0.29, 0.717) is 23.1 Å². The fourth-order valence-corrected chi connectivity index (χ4v) is 3.18. The largest absolute Gasteiger partial charge is 0.416 e. The normalized spacial score (nSPS) is 13.6. The number of hydrogen-bond acceptors (Lipinski definition) is 3. The molecule has 8 heteroatoms. The number of fused-ring (bicyclic) bond motifs is 1. The van der Waals surface area contributed by atoms with Crippen molar-refractivity contribution in [1.82, 2.24) is 9.80 Å². The van der Waals surface area contributed by atoms with Gasteiger partial charge in [0.2, 0.25) is 5.91 Å². The van der Waals surface area contributed by atoms with Gasteiger partial charge in [0.05, 0.1) is 16.7 Å². The minimum Gasteiger partial charge on any atom is -0.341 e. The maximum absolute atomic E-state index is 12.6. The number of imide groups is 1. The van der Waals surface area contributed by atoms with E-state index in [1.165, 1.54) is 17.0 Å². The van der Waals surface area contributed by atoms with Crippen LogP contribution >= 0.6 is 0 Å². The number of amides is 3. The summed E-state index contributed by atoms with van der Waals surface area (Å²) in [6, 6.07) is 11.2.